The summed E-state index contributed by atoms with van der Waals surface area (Å²) in [5, 5.41) is 0. The minimum absolute atomic E-state index is 0.0336. The van der Waals surface area contributed by atoms with E-state index in [9.17, 15) is 4.79 Å². The van der Waals surface area contributed by atoms with Gasteiger partial charge in [-0.15, -0.1) is 0 Å². The number of hydrogen-bond donors (Lipinski definition) is 0. The van der Waals surface area contributed by atoms with Crippen LogP contribution >= 0.6 is 0 Å². The lowest BCUT2D eigenvalue weighted by atomic mass is 10.1. The van der Waals surface area contributed by atoms with Gasteiger partial charge in [-0.05, 0) is 26.7 Å². The van der Waals surface area contributed by atoms with Gasteiger partial charge in [0.05, 0.1) is 6.10 Å². The van der Waals surface area contributed by atoms with Crippen molar-refractivity contribution in [3.8, 4) is 0 Å². The molecule has 0 saturated heterocycles. The molecule has 0 rings (SSSR count). The summed E-state index contributed by atoms with van der Waals surface area (Å²) in [4.78, 5) is 11.1. The molecule has 70 valence electrons. The second-order valence-electron chi connectivity index (χ2n) is 3.53. The van der Waals surface area contributed by atoms with Gasteiger partial charge < -0.3 is 4.74 Å². The van der Waals surface area contributed by atoms with Gasteiger partial charge in [0.1, 0.15) is 0 Å². The van der Waals surface area contributed by atoms with E-state index in [0.29, 0.717) is 5.92 Å². The maximum atomic E-state index is 11.1. The lowest BCUT2D eigenvalue weighted by molar-refractivity contribution is -0.141. The van der Waals surface area contributed by atoms with Crippen LogP contribution in [0.1, 0.15) is 34.6 Å². The van der Waals surface area contributed by atoms with Gasteiger partial charge in [0.25, 0.3) is 0 Å². The Morgan fingerprint density at radius 2 is 1.75 bits per heavy atom. The van der Waals surface area contributed by atoms with Crippen molar-refractivity contribution < 1.29 is 9.53 Å². The van der Waals surface area contributed by atoms with E-state index < -0.39 is 0 Å². The first-order valence-electron chi connectivity index (χ1n) is 4.32. The van der Waals surface area contributed by atoms with E-state index in [1.807, 2.05) is 20.8 Å². The minimum Gasteiger partial charge on any atom is -0.460 e. The number of rotatable bonds is 3. The van der Waals surface area contributed by atoms with Gasteiger partial charge in [-0.1, -0.05) is 19.4 Å². The second kappa shape index (κ2) is 4.96. The smallest absolute Gasteiger partial charge is 0.330 e. The van der Waals surface area contributed by atoms with E-state index in [-0.39, 0.29) is 12.1 Å². The summed E-state index contributed by atoms with van der Waals surface area (Å²) in [5.41, 5.74) is 1.06. The van der Waals surface area contributed by atoms with Crippen molar-refractivity contribution >= 4 is 5.97 Å². The fourth-order valence-corrected chi connectivity index (χ4v) is 0.619. The first-order chi connectivity index (χ1) is 5.43. The average molecular weight is 170 g/mol. The van der Waals surface area contributed by atoms with Crippen molar-refractivity contribution in [2.45, 2.75) is 40.7 Å². The summed E-state index contributed by atoms with van der Waals surface area (Å²) in [6.45, 7) is 9.72. The average Bonchev–Trinajstić information content (AvgIpc) is 1.84. The van der Waals surface area contributed by atoms with Gasteiger partial charge in [0.2, 0.25) is 0 Å². The molecule has 0 aromatic rings. The van der Waals surface area contributed by atoms with Crippen LogP contribution in [0.4, 0.5) is 0 Å². The highest BCUT2D eigenvalue weighted by molar-refractivity contribution is 5.82. The van der Waals surface area contributed by atoms with Crippen molar-refractivity contribution in [2.75, 3.05) is 0 Å². The normalized spacial score (nSPS) is 12.4. The molecule has 0 unspecified atom stereocenters. The molecular weight excluding hydrogens is 152 g/mol. The van der Waals surface area contributed by atoms with Gasteiger partial charge in [-0.3, -0.25) is 0 Å². The molecule has 0 aliphatic rings. The summed E-state index contributed by atoms with van der Waals surface area (Å²) in [5.74, 6) is 0.168. The molecule has 0 atom stereocenters. The standard InChI is InChI=1S/C10H18O2/c1-7(2)9(5)6-10(11)12-8(3)4/h6-8H,1-5H3/b9-6+. The molecule has 0 amide bonds. The lowest BCUT2D eigenvalue weighted by Gasteiger charge is -2.07. The summed E-state index contributed by atoms with van der Waals surface area (Å²) in [6.07, 6.45) is 1.53. The molecular formula is C10H18O2. The van der Waals surface area contributed by atoms with Crippen molar-refractivity contribution in [3.05, 3.63) is 11.6 Å². The third kappa shape index (κ3) is 4.94. The van der Waals surface area contributed by atoms with Crippen LogP contribution in [0.25, 0.3) is 0 Å². The van der Waals surface area contributed by atoms with Gasteiger partial charge in [0.15, 0.2) is 0 Å². The summed E-state index contributed by atoms with van der Waals surface area (Å²) < 4.78 is 4.96. The second-order valence-corrected chi connectivity index (χ2v) is 3.53. The van der Waals surface area contributed by atoms with Crippen LogP contribution in [0.2, 0.25) is 0 Å². The molecule has 0 N–H and O–H groups in total. The number of carbonyl (C=O) groups is 1. The molecule has 0 radical (unpaired) electrons. The van der Waals surface area contributed by atoms with E-state index >= 15 is 0 Å². The highest BCUT2D eigenvalue weighted by Gasteiger charge is 2.03. The zero-order valence-electron chi connectivity index (χ0n) is 8.55. The number of allylic oxidation sites excluding steroid dienone is 1. The van der Waals surface area contributed by atoms with Crippen LogP contribution in [0.3, 0.4) is 0 Å². The number of carbonyl (C=O) groups excluding carboxylic acids is 1. The SMILES string of the molecule is C/C(=C\C(=O)OC(C)C)C(C)C. The zero-order valence-corrected chi connectivity index (χ0v) is 8.55. The molecule has 0 saturated carbocycles. The van der Waals surface area contributed by atoms with Crippen molar-refractivity contribution in [1.29, 1.82) is 0 Å². The first-order valence-corrected chi connectivity index (χ1v) is 4.32. The van der Waals surface area contributed by atoms with Crippen LogP contribution < -0.4 is 0 Å². The van der Waals surface area contributed by atoms with E-state index in [4.69, 9.17) is 4.74 Å². The molecule has 0 spiro atoms. The lowest BCUT2D eigenvalue weighted by Crippen LogP contribution is -2.09. The van der Waals surface area contributed by atoms with Crippen molar-refractivity contribution in [1.82, 2.24) is 0 Å². The topological polar surface area (TPSA) is 26.3 Å². The Labute approximate surface area is 74.6 Å². The number of esters is 1. The molecule has 0 aromatic heterocycles. The van der Waals surface area contributed by atoms with Crippen molar-refractivity contribution in [2.24, 2.45) is 5.92 Å². The Balaban J connectivity index is 4.06. The fourth-order valence-electron chi connectivity index (χ4n) is 0.619. The van der Waals surface area contributed by atoms with Gasteiger partial charge >= 0.3 is 5.97 Å². The Hall–Kier alpha value is -0.790. The first kappa shape index (κ1) is 11.2. The van der Waals surface area contributed by atoms with Crippen LogP contribution in [0.5, 0.6) is 0 Å². The monoisotopic (exact) mass is 170 g/mol. The van der Waals surface area contributed by atoms with Crippen LogP contribution in [0.15, 0.2) is 11.6 Å². The Bertz CT molecular complexity index is 178. The van der Waals surface area contributed by atoms with E-state index in [1.165, 1.54) is 0 Å². The van der Waals surface area contributed by atoms with Gasteiger partial charge in [-0.2, -0.15) is 0 Å². The largest absolute Gasteiger partial charge is 0.460 e. The summed E-state index contributed by atoms with van der Waals surface area (Å²) >= 11 is 0. The van der Waals surface area contributed by atoms with Crippen LogP contribution in [-0.4, -0.2) is 12.1 Å². The van der Waals surface area contributed by atoms with Gasteiger partial charge in [0, 0.05) is 6.08 Å². The predicted octanol–water partition coefficient (Wildman–Crippen LogP) is 2.54. The van der Waals surface area contributed by atoms with E-state index in [1.54, 1.807) is 6.08 Å². The number of hydrogen-bond acceptors (Lipinski definition) is 2. The Kier molecular flexibility index (Phi) is 4.64. The molecule has 0 aromatic carbocycles. The fraction of sp³-hybridized carbons (Fsp3) is 0.700. The van der Waals surface area contributed by atoms with Crippen LogP contribution in [0, 0.1) is 5.92 Å². The number of ether oxygens (including phenoxy) is 1. The molecule has 0 aliphatic heterocycles. The summed E-state index contributed by atoms with van der Waals surface area (Å²) in [7, 11) is 0. The van der Waals surface area contributed by atoms with Gasteiger partial charge in [-0.25, -0.2) is 4.79 Å². The molecule has 0 heterocycles. The summed E-state index contributed by atoms with van der Waals surface area (Å²) in [6, 6.07) is 0. The molecule has 12 heavy (non-hydrogen) atoms. The van der Waals surface area contributed by atoms with Crippen LogP contribution in [-0.2, 0) is 9.53 Å². The highest BCUT2D eigenvalue weighted by Crippen LogP contribution is 2.07. The van der Waals surface area contributed by atoms with E-state index in [2.05, 4.69) is 13.8 Å². The molecule has 2 nitrogen and oxygen atoms in total. The third-order valence-corrected chi connectivity index (χ3v) is 1.61. The maximum absolute atomic E-state index is 11.1. The van der Waals surface area contributed by atoms with E-state index in [0.717, 1.165) is 5.57 Å². The Morgan fingerprint density at radius 3 is 2.08 bits per heavy atom. The quantitative estimate of drug-likeness (QED) is 0.480. The molecule has 2 heteroatoms. The van der Waals surface area contributed by atoms with Crippen molar-refractivity contribution in [3.63, 3.8) is 0 Å². The molecule has 0 aliphatic carbocycles. The predicted molar refractivity (Wildman–Crippen MR) is 49.8 cm³/mol. The highest BCUT2D eigenvalue weighted by atomic mass is 16.5. The molecule has 0 fully saturated rings. The third-order valence-electron chi connectivity index (χ3n) is 1.61. The zero-order chi connectivity index (χ0) is 9.72. The maximum Gasteiger partial charge on any atom is 0.330 e. The minimum atomic E-state index is -0.240. The molecule has 0 bridgehead atoms. The Morgan fingerprint density at radius 1 is 1.25 bits per heavy atom.